The van der Waals surface area contributed by atoms with Crippen molar-refractivity contribution >= 4 is 17.6 Å². The summed E-state index contributed by atoms with van der Waals surface area (Å²) in [4.78, 5) is 27.5. The van der Waals surface area contributed by atoms with Crippen molar-refractivity contribution in [2.75, 3.05) is 5.32 Å². The van der Waals surface area contributed by atoms with Gasteiger partial charge in [0.05, 0.1) is 6.42 Å². The van der Waals surface area contributed by atoms with E-state index in [1.165, 1.54) is 0 Å². The van der Waals surface area contributed by atoms with Gasteiger partial charge < -0.3 is 10.4 Å². The van der Waals surface area contributed by atoms with Gasteiger partial charge in [0.15, 0.2) is 0 Å². The molecule has 0 unspecified atom stereocenters. The summed E-state index contributed by atoms with van der Waals surface area (Å²) in [6.07, 6.45) is 3.15. The number of nitrogens with zero attached hydrogens (tertiary/aromatic N) is 1. The number of aryl methyl sites for hydroxylation is 1. The minimum absolute atomic E-state index is 0.150. The predicted molar refractivity (Wildman–Crippen MR) is 91.7 cm³/mol. The standard InChI is InChI=1S/C18H21N3O3/c1-12-5-3-7-15(13(12)2)21-17(22)9-16(18(23)24)20-11-14-6-4-8-19-10-14/h3-8,10,16,20H,9,11H2,1-2H3,(H,21,22)(H,23,24)/t16-/m1/s1. The van der Waals surface area contributed by atoms with Crippen LogP contribution in [0.4, 0.5) is 5.69 Å². The zero-order valence-corrected chi connectivity index (χ0v) is 13.7. The number of benzene rings is 1. The SMILES string of the molecule is Cc1cccc(NC(=O)C[C@@H](NCc2cccnc2)C(=O)O)c1C. The predicted octanol–water partition coefficient (Wildman–Crippen LogP) is 2.27. The second-order valence-corrected chi connectivity index (χ2v) is 5.63. The summed E-state index contributed by atoms with van der Waals surface area (Å²) in [5, 5.41) is 15.0. The van der Waals surface area contributed by atoms with Crippen LogP contribution in [0.3, 0.4) is 0 Å². The number of amides is 1. The van der Waals surface area contributed by atoms with E-state index in [-0.39, 0.29) is 12.3 Å². The summed E-state index contributed by atoms with van der Waals surface area (Å²) < 4.78 is 0. The number of hydrogen-bond acceptors (Lipinski definition) is 4. The van der Waals surface area contributed by atoms with Gasteiger partial charge in [-0.15, -0.1) is 0 Å². The maximum Gasteiger partial charge on any atom is 0.321 e. The lowest BCUT2D eigenvalue weighted by Gasteiger charge is -2.15. The van der Waals surface area contributed by atoms with Crippen LogP contribution >= 0.6 is 0 Å². The van der Waals surface area contributed by atoms with Crippen molar-refractivity contribution in [2.45, 2.75) is 32.9 Å². The van der Waals surface area contributed by atoms with Crippen molar-refractivity contribution in [2.24, 2.45) is 0 Å². The van der Waals surface area contributed by atoms with Crippen LogP contribution in [0.2, 0.25) is 0 Å². The summed E-state index contributed by atoms with van der Waals surface area (Å²) in [6.45, 7) is 4.21. The van der Waals surface area contributed by atoms with Crippen LogP contribution in [0.5, 0.6) is 0 Å². The summed E-state index contributed by atoms with van der Waals surface area (Å²) in [5.74, 6) is -1.40. The third-order valence-electron chi connectivity index (χ3n) is 3.84. The number of carboxylic acid groups (broad SMARTS) is 1. The van der Waals surface area contributed by atoms with Crippen molar-refractivity contribution in [1.82, 2.24) is 10.3 Å². The summed E-state index contributed by atoms with van der Waals surface area (Å²) in [6, 6.07) is 8.28. The maximum atomic E-state index is 12.2. The van der Waals surface area contributed by atoms with Gasteiger partial charge in [-0.1, -0.05) is 18.2 Å². The van der Waals surface area contributed by atoms with E-state index in [2.05, 4.69) is 15.6 Å². The van der Waals surface area contributed by atoms with Crippen molar-refractivity contribution in [3.63, 3.8) is 0 Å². The van der Waals surface area contributed by atoms with E-state index in [9.17, 15) is 14.7 Å². The summed E-state index contributed by atoms with van der Waals surface area (Å²) in [5.41, 5.74) is 3.61. The highest BCUT2D eigenvalue weighted by atomic mass is 16.4. The Balaban J connectivity index is 1.95. The lowest BCUT2D eigenvalue weighted by Crippen LogP contribution is -2.39. The highest BCUT2D eigenvalue weighted by molar-refractivity contribution is 5.94. The molecule has 0 aliphatic heterocycles. The first-order chi connectivity index (χ1) is 11.5. The van der Waals surface area contributed by atoms with Crippen LogP contribution in [0, 0.1) is 13.8 Å². The van der Waals surface area contributed by atoms with E-state index >= 15 is 0 Å². The first-order valence-corrected chi connectivity index (χ1v) is 7.68. The Bertz CT molecular complexity index is 717. The molecule has 1 heterocycles. The van der Waals surface area contributed by atoms with Crippen LogP contribution in [0.1, 0.15) is 23.1 Å². The highest BCUT2D eigenvalue weighted by Gasteiger charge is 2.21. The second-order valence-electron chi connectivity index (χ2n) is 5.63. The van der Waals surface area contributed by atoms with Crippen molar-refractivity contribution in [1.29, 1.82) is 0 Å². The van der Waals surface area contributed by atoms with Crippen LogP contribution in [-0.2, 0) is 16.1 Å². The third kappa shape index (κ3) is 4.89. The van der Waals surface area contributed by atoms with E-state index < -0.39 is 12.0 Å². The fourth-order valence-corrected chi connectivity index (χ4v) is 2.26. The number of rotatable bonds is 7. The van der Waals surface area contributed by atoms with Gasteiger partial charge in [0, 0.05) is 24.6 Å². The molecule has 1 atom stereocenters. The van der Waals surface area contributed by atoms with Crippen molar-refractivity contribution < 1.29 is 14.7 Å². The first kappa shape index (κ1) is 17.6. The van der Waals surface area contributed by atoms with E-state index in [0.29, 0.717) is 12.2 Å². The number of carbonyl (C=O) groups excluding carboxylic acids is 1. The van der Waals surface area contributed by atoms with Gasteiger partial charge in [-0.2, -0.15) is 0 Å². The Morgan fingerprint density at radius 1 is 1.21 bits per heavy atom. The molecule has 2 rings (SSSR count). The monoisotopic (exact) mass is 327 g/mol. The Kier molecular flexibility index (Phi) is 6.03. The van der Waals surface area contributed by atoms with E-state index in [4.69, 9.17) is 0 Å². The van der Waals surface area contributed by atoms with Crippen molar-refractivity contribution in [3.8, 4) is 0 Å². The number of hydrogen-bond donors (Lipinski definition) is 3. The zero-order valence-electron chi connectivity index (χ0n) is 13.7. The summed E-state index contributed by atoms with van der Waals surface area (Å²) in [7, 11) is 0. The largest absolute Gasteiger partial charge is 0.480 e. The van der Waals surface area contributed by atoms with Gasteiger partial charge in [0.1, 0.15) is 6.04 Å². The normalized spacial score (nSPS) is 11.8. The Hall–Kier alpha value is -2.73. The molecule has 2 aromatic rings. The minimum atomic E-state index is -1.06. The molecule has 0 saturated carbocycles. The van der Waals surface area contributed by atoms with Crippen LogP contribution in [0.15, 0.2) is 42.7 Å². The molecule has 126 valence electrons. The molecule has 3 N–H and O–H groups in total. The molecule has 0 aliphatic carbocycles. The number of carboxylic acids is 1. The van der Waals surface area contributed by atoms with Crippen LogP contribution in [0.25, 0.3) is 0 Å². The van der Waals surface area contributed by atoms with E-state index in [0.717, 1.165) is 16.7 Å². The van der Waals surface area contributed by atoms with Gasteiger partial charge in [-0.3, -0.25) is 19.9 Å². The van der Waals surface area contributed by atoms with Crippen LogP contribution in [-0.4, -0.2) is 28.0 Å². The summed E-state index contributed by atoms with van der Waals surface area (Å²) >= 11 is 0. The third-order valence-corrected chi connectivity index (χ3v) is 3.84. The molecule has 0 bridgehead atoms. The number of anilines is 1. The molecular formula is C18H21N3O3. The second kappa shape index (κ2) is 8.21. The zero-order chi connectivity index (χ0) is 17.5. The number of aliphatic carboxylic acids is 1. The lowest BCUT2D eigenvalue weighted by atomic mass is 10.1. The molecule has 1 aromatic carbocycles. The molecule has 0 aliphatic rings. The quantitative estimate of drug-likeness (QED) is 0.725. The van der Waals surface area contributed by atoms with Gasteiger partial charge in [0.2, 0.25) is 5.91 Å². The molecule has 6 heteroatoms. The minimum Gasteiger partial charge on any atom is -0.480 e. The maximum absolute atomic E-state index is 12.2. The lowest BCUT2D eigenvalue weighted by molar-refractivity contribution is -0.141. The Morgan fingerprint density at radius 2 is 2.00 bits per heavy atom. The number of nitrogens with one attached hydrogen (secondary N) is 2. The Labute approximate surface area is 140 Å². The van der Waals surface area contributed by atoms with Crippen molar-refractivity contribution in [3.05, 3.63) is 59.4 Å². The molecule has 1 aromatic heterocycles. The fourth-order valence-electron chi connectivity index (χ4n) is 2.26. The average molecular weight is 327 g/mol. The van der Waals surface area contributed by atoms with E-state index in [1.54, 1.807) is 24.5 Å². The van der Waals surface area contributed by atoms with E-state index in [1.807, 2.05) is 32.0 Å². The van der Waals surface area contributed by atoms with Gasteiger partial charge in [-0.05, 0) is 42.7 Å². The molecule has 1 amide bonds. The van der Waals surface area contributed by atoms with Gasteiger partial charge in [0.25, 0.3) is 0 Å². The topological polar surface area (TPSA) is 91.3 Å². The molecular weight excluding hydrogens is 306 g/mol. The molecule has 0 fully saturated rings. The smallest absolute Gasteiger partial charge is 0.321 e. The van der Waals surface area contributed by atoms with Gasteiger partial charge >= 0.3 is 5.97 Å². The van der Waals surface area contributed by atoms with Gasteiger partial charge in [-0.25, -0.2) is 0 Å². The molecule has 0 saturated heterocycles. The number of aromatic nitrogens is 1. The highest BCUT2D eigenvalue weighted by Crippen LogP contribution is 2.18. The molecule has 6 nitrogen and oxygen atoms in total. The number of carbonyl (C=O) groups is 2. The van der Waals surface area contributed by atoms with Crippen LogP contribution < -0.4 is 10.6 Å². The average Bonchev–Trinajstić information content (AvgIpc) is 2.56. The first-order valence-electron chi connectivity index (χ1n) is 7.68. The fraction of sp³-hybridized carbons (Fsp3) is 0.278. The molecule has 0 radical (unpaired) electrons. The molecule has 24 heavy (non-hydrogen) atoms. The number of pyridine rings is 1. The molecule has 0 spiro atoms. The Morgan fingerprint density at radius 3 is 2.67 bits per heavy atom.